The summed E-state index contributed by atoms with van der Waals surface area (Å²) in [6, 6.07) is 5.32. The molecule has 0 saturated carbocycles. The molecule has 0 spiro atoms. The first-order valence-electron chi connectivity index (χ1n) is 8.30. The van der Waals surface area contributed by atoms with E-state index >= 15 is 0 Å². The fraction of sp³-hybridized carbons (Fsp3) is 0.647. The molecule has 0 aliphatic carbocycles. The van der Waals surface area contributed by atoms with Gasteiger partial charge in [-0.1, -0.05) is 12.1 Å². The normalized spacial score (nSPS) is 23.3. The van der Waals surface area contributed by atoms with Crippen molar-refractivity contribution in [2.75, 3.05) is 13.2 Å². The van der Waals surface area contributed by atoms with Crippen molar-refractivity contribution in [3.8, 4) is 5.75 Å². The topological polar surface area (TPSA) is 64.6 Å². The molecule has 0 bridgehead atoms. The lowest BCUT2D eigenvalue weighted by Gasteiger charge is -2.22. The largest absolute Gasteiger partial charge is 0.486 e. The van der Waals surface area contributed by atoms with Gasteiger partial charge in [0.2, 0.25) is 10.0 Å². The lowest BCUT2D eigenvalue weighted by molar-refractivity contribution is 0.0123. The first-order valence-corrected chi connectivity index (χ1v) is 9.78. The molecule has 2 heterocycles. The van der Waals surface area contributed by atoms with Gasteiger partial charge >= 0.3 is 0 Å². The van der Waals surface area contributed by atoms with E-state index < -0.39 is 10.0 Å². The molecular weight excluding hydrogens is 314 g/mol. The van der Waals surface area contributed by atoms with Crippen LogP contribution in [0.25, 0.3) is 0 Å². The second-order valence-electron chi connectivity index (χ2n) is 6.96. The maximum Gasteiger partial charge on any atom is 0.244 e. The molecular formula is C17H25NO4S. The van der Waals surface area contributed by atoms with E-state index in [1.54, 1.807) is 12.1 Å². The Bertz CT molecular complexity index is 663. The minimum absolute atomic E-state index is 0.170. The molecule has 1 fully saturated rings. The van der Waals surface area contributed by atoms with Gasteiger partial charge < -0.3 is 9.47 Å². The van der Waals surface area contributed by atoms with E-state index in [4.69, 9.17) is 9.47 Å². The van der Waals surface area contributed by atoms with E-state index in [2.05, 4.69) is 4.72 Å². The van der Waals surface area contributed by atoms with Gasteiger partial charge in [-0.05, 0) is 51.2 Å². The second kappa shape index (κ2) is 6.42. The van der Waals surface area contributed by atoms with E-state index in [1.807, 2.05) is 19.9 Å². The fourth-order valence-corrected chi connectivity index (χ4v) is 4.48. The van der Waals surface area contributed by atoms with E-state index in [0.717, 1.165) is 37.9 Å². The molecule has 3 rings (SSSR count). The summed E-state index contributed by atoms with van der Waals surface area (Å²) in [5.74, 6) is 0.499. The minimum Gasteiger partial charge on any atom is -0.486 e. The maximum absolute atomic E-state index is 12.6. The van der Waals surface area contributed by atoms with Crippen LogP contribution in [0.15, 0.2) is 23.1 Å². The van der Waals surface area contributed by atoms with Crippen LogP contribution in [-0.2, 0) is 21.2 Å². The highest BCUT2D eigenvalue weighted by molar-refractivity contribution is 7.89. The zero-order valence-corrected chi connectivity index (χ0v) is 14.6. The molecule has 1 aromatic rings. The summed E-state index contributed by atoms with van der Waals surface area (Å²) in [6.45, 7) is 5.11. The van der Waals surface area contributed by atoms with Gasteiger partial charge in [0.05, 0.1) is 6.10 Å². The van der Waals surface area contributed by atoms with Crippen LogP contribution in [0.5, 0.6) is 5.75 Å². The van der Waals surface area contributed by atoms with Gasteiger partial charge in [-0.15, -0.1) is 0 Å². The molecule has 2 aliphatic rings. The molecule has 2 aliphatic heterocycles. The number of para-hydroxylation sites is 1. The molecule has 1 unspecified atom stereocenters. The van der Waals surface area contributed by atoms with Gasteiger partial charge in [-0.2, -0.15) is 0 Å². The number of fused-ring (bicyclic) bond motifs is 1. The Kier molecular flexibility index (Phi) is 4.67. The summed E-state index contributed by atoms with van der Waals surface area (Å²) < 4.78 is 39.4. The van der Waals surface area contributed by atoms with Crippen LogP contribution >= 0.6 is 0 Å². The number of nitrogens with one attached hydrogen (secondary N) is 1. The van der Waals surface area contributed by atoms with Gasteiger partial charge in [-0.3, -0.25) is 0 Å². The molecule has 0 aromatic heterocycles. The van der Waals surface area contributed by atoms with Crippen LogP contribution in [0.2, 0.25) is 0 Å². The molecule has 23 heavy (non-hydrogen) atoms. The summed E-state index contributed by atoms with van der Waals surface area (Å²) in [4.78, 5) is 0.241. The number of hydrogen-bond donors (Lipinski definition) is 1. The molecule has 6 heteroatoms. The SMILES string of the molecule is CC1(C)Cc2cccc(S(=O)(=O)NCCC3CCCCO3)c2O1. The molecule has 5 nitrogen and oxygen atoms in total. The van der Waals surface area contributed by atoms with E-state index in [1.165, 1.54) is 0 Å². The summed E-state index contributed by atoms with van der Waals surface area (Å²) in [5.41, 5.74) is 0.595. The third kappa shape index (κ3) is 3.87. The van der Waals surface area contributed by atoms with E-state index in [0.29, 0.717) is 18.7 Å². The lowest BCUT2D eigenvalue weighted by Crippen LogP contribution is -2.30. The van der Waals surface area contributed by atoms with Crippen LogP contribution in [0.4, 0.5) is 0 Å². The van der Waals surface area contributed by atoms with Gasteiger partial charge in [-0.25, -0.2) is 13.1 Å². The van der Waals surface area contributed by atoms with Crippen molar-refractivity contribution >= 4 is 10.0 Å². The van der Waals surface area contributed by atoms with Crippen molar-refractivity contribution in [3.05, 3.63) is 23.8 Å². The van der Waals surface area contributed by atoms with Crippen molar-refractivity contribution in [1.29, 1.82) is 0 Å². The second-order valence-corrected chi connectivity index (χ2v) is 8.69. The third-order valence-corrected chi connectivity index (χ3v) is 5.86. The van der Waals surface area contributed by atoms with E-state index in [9.17, 15) is 8.42 Å². The maximum atomic E-state index is 12.6. The molecule has 1 atom stereocenters. The Morgan fingerprint density at radius 2 is 2.13 bits per heavy atom. The first-order chi connectivity index (χ1) is 10.9. The Labute approximate surface area is 138 Å². The van der Waals surface area contributed by atoms with Crippen molar-refractivity contribution in [3.63, 3.8) is 0 Å². The van der Waals surface area contributed by atoms with E-state index in [-0.39, 0.29) is 16.6 Å². The zero-order chi connectivity index (χ0) is 16.5. The van der Waals surface area contributed by atoms with Crippen LogP contribution in [-0.4, -0.2) is 33.3 Å². The van der Waals surface area contributed by atoms with Crippen LogP contribution in [0, 0.1) is 0 Å². The van der Waals surface area contributed by atoms with Gasteiger partial charge in [0, 0.05) is 19.6 Å². The number of benzene rings is 1. The molecule has 128 valence electrons. The number of sulfonamides is 1. The summed E-state index contributed by atoms with van der Waals surface area (Å²) in [5, 5.41) is 0. The van der Waals surface area contributed by atoms with Crippen molar-refractivity contribution in [1.82, 2.24) is 4.72 Å². The highest BCUT2D eigenvalue weighted by atomic mass is 32.2. The van der Waals surface area contributed by atoms with Crippen molar-refractivity contribution in [2.24, 2.45) is 0 Å². The van der Waals surface area contributed by atoms with Crippen LogP contribution in [0.1, 0.15) is 45.1 Å². The lowest BCUT2D eigenvalue weighted by atomic mass is 10.0. The molecule has 0 amide bonds. The summed E-state index contributed by atoms with van der Waals surface area (Å²) in [7, 11) is -3.57. The molecule has 1 aromatic carbocycles. The van der Waals surface area contributed by atoms with Gasteiger partial charge in [0.1, 0.15) is 16.2 Å². The monoisotopic (exact) mass is 339 g/mol. The zero-order valence-electron chi connectivity index (χ0n) is 13.8. The molecule has 0 radical (unpaired) electrons. The Balaban J connectivity index is 1.68. The fourth-order valence-electron chi connectivity index (χ4n) is 3.27. The van der Waals surface area contributed by atoms with Crippen LogP contribution < -0.4 is 9.46 Å². The smallest absolute Gasteiger partial charge is 0.244 e. The number of hydrogen-bond acceptors (Lipinski definition) is 4. The van der Waals surface area contributed by atoms with Gasteiger partial charge in [0.25, 0.3) is 0 Å². The molecule has 1 saturated heterocycles. The third-order valence-electron chi connectivity index (χ3n) is 4.38. The first kappa shape index (κ1) is 16.7. The quantitative estimate of drug-likeness (QED) is 0.896. The standard InChI is InChI=1S/C17H25NO4S/c1-17(2)12-13-6-5-8-15(16(13)22-17)23(19,20)18-10-9-14-7-3-4-11-21-14/h5-6,8,14,18H,3-4,7,9-12H2,1-2H3. The Morgan fingerprint density at radius 3 is 2.87 bits per heavy atom. The summed E-state index contributed by atoms with van der Waals surface area (Å²) in [6.07, 6.45) is 4.88. The van der Waals surface area contributed by atoms with Gasteiger partial charge in [0.15, 0.2) is 0 Å². The Morgan fingerprint density at radius 1 is 1.30 bits per heavy atom. The number of ether oxygens (including phenoxy) is 2. The Hall–Kier alpha value is -1.11. The van der Waals surface area contributed by atoms with Crippen molar-refractivity contribution < 1.29 is 17.9 Å². The summed E-state index contributed by atoms with van der Waals surface area (Å²) >= 11 is 0. The average molecular weight is 339 g/mol. The predicted octanol–water partition coefficient (Wildman–Crippen LogP) is 2.64. The highest BCUT2D eigenvalue weighted by Gasteiger charge is 2.34. The minimum atomic E-state index is -3.57. The average Bonchev–Trinajstić information content (AvgIpc) is 2.81. The molecule has 1 N–H and O–H groups in total. The van der Waals surface area contributed by atoms with Crippen LogP contribution in [0.3, 0.4) is 0 Å². The highest BCUT2D eigenvalue weighted by Crippen LogP contribution is 2.39. The number of rotatable bonds is 5. The predicted molar refractivity (Wildman–Crippen MR) is 88.2 cm³/mol. The van der Waals surface area contributed by atoms with Crippen molar-refractivity contribution in [2.45, 2.75) is 62.6 Å².